The Hall–Kier alpha value is -0.780. The molecule has 0 spiro atoms. The monoisotopic (exact) mass is 189 g/mol. The first-order valence-corrected chi connectivity index (χ1v) is 5.63. The smallest absolute Gasteiger partial charge is 0.0104 e. The second-order valence-electron chi connectivity index (χ2n) is 4.63. The number of hydrogen-bond donors (Lipinski definition) is 0. The Bertz CT molecular complexity index is 246. The van der Waals surface area contributed by atoms with Crippen molar-refractivity contribution in [3.8, 4) is 0 Å². The van der Waals surface area contributed by atoms with E-state index in [2.05, 4.69) is 39.0 Å². The first kappa shape index (κ1) is 11.3. The Morgan fingerprint density at radius 1 is 1.14 bits per heavy atom. The van der Waals surface area contributed by atoms with Crippen molar-refractivity contribution >= 4 is 0 Å². The average molecular weight is 189 g/mol. The van der Waals surface area contributed by atoms with Gasteiger partial charge in [0.1, 0.15) is 0 Å². The van der Waals surface area contributed by atoms with Crippen LogP contribution in [0.1, 0.15) is 52.0 Å². The van der Waals surface area contributed by atoms with Crippen LogP contribution in [0, 0.1) is 6.07 Å². The van der Waals surface area contributed by atoms with Gasteiger partial charge in [-0.2, -0.15) is 0 Å². The third-order valence-corrected chi connectivity index (χ3v) is 2.91. The highest BCUT2D eigenvalue weighted by molar-refractivity contribution is 5.22. The van der Waals surface area contributed by atoms with Gasteiger partial charge in [0.25, 0.3) is 0 Å². The number of unbranched alkanes of at least 4 members (excludes halogenated alkanes) is 2. The number of benzene rings is 1. The van der Waals surface area contributed by atoms with E-state index in [9.17, 15) is 0 Å². The lowest BCUT2D eigenvalue weighted by atomic mass is 9.80. The molecule has 1 aromatic carbocycles. The predicted octanol–water partition coefficient (Wildman–Crippen LogP) is 4.34. The van der Waals surface area contributed by atoms with E-state index in [0.717, 1.165) is 0 Å². The number of hydrogen-bond acceptors (Lipinski definition) is 0. The van der Waals surface area contributed by atoms with Crippen LogP contribution >= 0.6 is 0 Å². The average Bonchev–Trinajstić information content (AvgIpc) is 2.19. The Kier molecular flexibility index (Phi) is 4.19. The molecule has 0 saturated carbocycles. The van der Waals surface area contributed by atoms with Crippen LogP contribution in [-0.2, 0) is 5.41 Å². The van der Waals surface area contributed by atoms with Gasteiger partial charge in [0.15, 0.2) is 0 Å². The second kappa shape index (κ2) is 5.19. The molecule has 1 radical (unpaired) electrons. The zero-order valence-corrected chi connectivity index (χ0v) is 9.64. The highest BCUT2D eigenvalue weighted by Crippen LogP contribution is 2.28. The molecule has 77 valence electrons. The van der Waals surface area contributed by atoms with Gasteiger partial charge in [-0.25, -0.2) is 0 Å². The summed E-state index contributed by atoms with van der Waals surface area (Å²) >= 11 is 0. The van der Waals surface area contributed by atoms with Gasteiger partial charge in [0.05, 0.1) is 0 Å². The Morgan fingerprint density at radius 2 is 1.79 bits per heavy atom. The summed E-state index contributed by atoms with van der Waals surface area (Å²) in [6.07, 6.45) is 5.27. The maximum Gasteiger partial charge on any atom is -0.0104 e. The van der Waals surface area contributed by atoms with Gasteiger partial charge in [0.2, 0.25) is 0 Å². The zero-order chi connectivity index (χ0) is 10.4. The summed E-state index contributed by atoms with van der Waals surface area (Å²) in [5.74, 6) is 0. The predicted molar refractivity (Wildman–Crippen MR) is 62.4 cm³/mol. The molecule has 1 rings (SSSR count). The van der Waals surface area contributed by atoms with E-state index in [0.29, 0.717) is 5.41 Å². The topological polar surface area (TPSA) is 0 Å². The fourth-order valence-electron chi connectivity index (χ4n) is 1.80. The van der Waals surface area contributed by atoms with Crippen LogP contribution in [0.3, 0.4) is 0 Å². The molecule has 0 aliphatic rings. The van der Waals surface area contributed by atoms with Gasteiger partial charge in [-0.1, -0.05) is 64.3 Å². The molecule has 14 heavy (non-hydrogen) atoms. The third kappa shape index (κ3) is 3.17. The lowest BCUT2D eigenvalue weighted by Crippen LogP contribution is -2.16. The summed E-state index contributed by atoms with van der Waals surface area (Å²) in [6.45, 7) is 6.92. The molecule has 0 bridgehead atoms. The first-order valence-electron chi connectivity index (χ1n) is 5.63. The summed E-state index contributed by atoms with van der Waals surface area (Å²) in [6, 6.07) is 11.5. The van der Waals surface area contributed by atoms with Crippen molar-refractivity contribution in [3.63, 3.8) is 0 Å². The molecule has 0 aliphatic heterocycles. The molecular formula is C14H21. The van der Waals surface area contributed by atoms with Crippen LogP contribution in [0.25, 0.3) is 0 Å². The lowest BCUT2D eigenvalue weighted by molar-refractivity contribution is 0.450. The first-order chi connectivity index (χ1) is 6.67. The van der Waals surface area contributed by atoms with E-state index in [1.54, 1.807) is 0 Å². The van der Waals surface area contributed by atoms with Crippen molar-refractivity contribution < 1.29 is 0 Å². The van der Waals surface area contributed by atoms with Gasteiger partial charge in [0, 0.05) is 0 Å². The van der Waals surface area contributed by atoms with Gasteiger partial charge >= 0.3 is 0 Å². The summed E-state index contributed by atoms with van der Waals surface area (Å²) in [5.41, 5.74) is 1.76. The Labute approximate surface area is 88.4 Å². The fourth-order valence-corrected chi connectivity index (χ4v) is 1.80. The van der Waals surface area contributed by atoms with Crippen LogP contribution in [-0.4, -0.2) is 0 Å². The SMILES string of the molecule is CCCCCC(C)(C)c1cc[c]cc1. The van der Waals surface area contributed by atoms with Crippen LogP contribution in [0.15, 0.2) is 24.3 Å². The summed E-state index contributed by atoms with van der Waals surface area (Å²) < 4.78 is 0. The number of rotatable bonds is 5. The van der Waals surface area contributed by atoms with Gasteiger partial charge < -0.3 is 0 Å². The van der Waals surface area contributed by atoms with E-state index < -0.39 is 0 Å². The van der Waals surface area contributed by atoms with E-state index in [4.69, 9.17) is 0 Å². The molecule has 0 aromatic heterocycles. The standard InChI is InChI=1S/C14H21/c1-4-5-9-12-14(2,3)13-10-7-6-8-11-13/h7-8,10-11H,4-5,9,12H2,1-3H3. The van der Waals surface area contributed by atoms with Gasteiger partial charge in [-0.05, 0) is 23.5 Å². The van der Waals surface area contributed by atoms with Crippen LogP contribution in [0.4, 0.5) is 0 Å². The van der Waals surface area contributed by atoms with E-state index in [1.807, 2.05) is 12.1 Å². The molecule has 0 amide bonds. The van der Waals surface area contributed by atoms with Crippen molar-refractivity contribution in [3.05, 3.63) is 35.9 Å². The minimum atomic E-state index is 0.324. The summed E-state index contributed by atoms with van der Waals surface area (Å²) in [7, 11) is 0. The molecule has 0 saturated heterocycles. The van der Waals surface area contributed by atoms with Crippen molar-refractivity contribution in [1.29, 1.82) is 0 Å². The van der Waals surface area contributed by atoms with Crippen molar-refractivity contribution in [1.82, 2.24) is 0 Å². The second-order valence-corrected chi connectivity index (χ2v) is 4.63. The molecule has 0 N–H and O–H groups in total. The molecule has 0 heterocycles. The minimum Gasteiger partial charge on any atom is -0.0654 e. The van der Waals surface area contributed by atoms with Gasteiger partial charge in [-0.3, -0.25) is 0 Å². The van der Waals surface area contributed by atoms with Crippen molar-refractivity contribution in [2.45, 2.75) is 51.9 Å². The van der Waals surface area contributed by atoms with E-state index in [1.165, 1.54) is 31.2 Å². The Balaban J connectivity index is 2.56. The highest BCUT2D eigenvalue weighted by atomic mass is 14.2. The minimum absolute atomic E-state index is 0.324. The summed E-state index contributed by atoms with van der Waals surface area (Å²) in [5, 5.41) is 0. The largest absolute Gasteiger partial charge is 0.0654 e. The molecular weight excluding hydrogens is 168 g/mol. The van der Waals surface area contributed by atoms with Crippen LogP contribution in [0.5, 0.6) is 0 Å². The quantitative estimate of drug-likeness (QED) is 0.604. The zero-order valence-electron chi connectivity index (χ0n) is 9.64. The summed E-state index contributed by atoms with van der Waals surface area (Å²) in [4.78, 5) is 0. The molecule has 0 fully saturated rings. The molecule has 0 heteroatoms. The normalized spacial score (nSPS) is 11.6. The maximum atomic E-state index is 3.07. The van der Waals surface area contributed by atoms with Crippen molar-refractivity contribution in [2.75, 3.05) is 0 Å². The Morgan fingerprint density at radius 3 is 2.36 bits per heavy atom. The van der Waals surface area contributed by atoms with Gasteiger partial charge in [-0.15, -0.1) is 0 Å². The third-order valence-electron chi connectivity index (χ3n) is 2.91. The molecule has 0 aliphatic carbocycles. The highest BCUT2D eigenvalue weighted by Gasteiger charge is 2.18. The van der Waals surface area contributed by atoms with E-state index in [-0.39, 0.29) is 0 Å². The lowest BCUT2D eigenvalue weighted by Gasteiger charge is -2.25. The van der Waals surface area contributed by atoms with Crippen LogP contribution in [0.2, 0.25) is 0 Å². The molecule has 0 unspecified atom stereocenters. The molecule has 0 nitrogen and oxygen atoms in total. The molecule has 0 atom stereocenters. The molecule has 1 aromatic rings. The fraction of sp³-hybridized carbons (Fsp3) is 0.571. The maximum absolute atomic E-state index is 3.07. The van der Waals surface area contributed by atoms with E-state index >= 15 is 0 Å². The van der Waals surface area contributed by atoms with Crippen LogP contribution < -0.4 is 0 Å². The van der Waals surface area contributed by atoms with Crippen molar-refractivity contribution in [2.24, 2.45) is 0 Å².